The fraction of sp³-hybridized carbons (Fsp3) is 0.840. The normalized spacial score (nSPS) is 24.1. The molecule has 172 valence electrons. The van der Waals surface area contributed by atoms with Crippen LogP contribution in [0.15, 0.2) is 12.2 Å². The molecule has 3 atom stereocenters. The molecule has 3 unspecified atom stereocenters. The van der Waals surface area contributed by atoms with Gasteiger partial charge in [0.1, 0.15) is 5.78 Å². The fourth-order valence-electron chi connectivity index (χ4n) is 4.72. The smallest absolute Gasteiger partial charge is 0.222 e. The molecule has 1 aliphatic heterocycles. The minimum Gasteiger partial charge on any atom is -0.389 e. The molecule has 0 aromatic carbocycles. The van der Waals surface area contributed by atoms with Crippen LogP contribution in [0, 0.1) is 11.8 Å². The number of likely N-dealkylation sites (N-methyl/N-ethyl adjacent to an activating group) is 1. The summed E-state index contributed by atoms with van der Waals surface area (Å²) in [5.74, 6) is 1.14. The molecule has 2 aliphatic rings. The highest BCUT2D eigenvalue weighted by atomic mass is 16.3. The van der Waals surface area contributed by atoms with Gasteiger partial charge in [-0.05, 0) is 38.6 Å². The quantitative estimate of drug-likeness (QED) is 0.358. The molecule has 5 nitrogen and oxygen atoms in total. The largest absolute Gasteiger partial charge is 0.389 e. The van der Waals surface area contributed by atoms with Crippen molar-refractivity contribution >= 4 is 11.7 Å². The molecule has 1 heterocycles. The molecule has 1 saturated heterocycles. The van der Waals surface area contributed by atoms with Gasteiger partial charge in [-0.3, -0.25) is 9.59 Å². The van der Waals surface area contributed by atoms with Gasteiger partial charge in [0.15, 0.2) is 0 Å². The van der Waals surface area contributed by atoms with Crippen molar-refractivity contribution in [2.45, 2.75) is 90.1 Å². The van der Waals surface area contributed by atoms with E-state index in [0.29, 0.717) is 30.4 Å². The van der Waals surface area contributed by atoms with Crippen LogP contribution in [-0.4, -0.2) is 65.9 Å². The molecule has 30 heavy (non-hydrogen) atoms. The van der Waals surface area contributed by atoms with E-state index in [1.54, 1.807) is 0 Å². The first-order valence-electron chi connectivity index (χ1n) is 12.4. The second-order valence-electron chi connectivity index (χ2n) is 9.36. The van der Waals surface area contributed by atoms with Crippen LogP contribution in [0.3, 0.4) is 0 Å². The van der Waals surface area contributed by atoms with E-state index in [0.717, 1.165) is 84.0 Å². The number of hydrogen-bond donors (Lipinski definition) is 1. The third-order valence-corrected chi connectivity index (χ3v) is 6.85. The highest BCUT2D eigenvalue weighted by Gasteiger charge is 2.32. The lowest BCUT2D eigenvalue weighted by Crippen LogP contribution is -2.47. The Morgan fingerprint density at radius 3 is 2.57 bits per heavy atom. The van der Waals surface area contributed by atoms with Gasteiger partial charge in [-0.15, -0.1) is 0 Å². The van der Waals surface area contributed by atoms with E-state index in [2.05, 4.69) is 24.9 Å². The van der Waals surface area contributed by atoms with Crippen molar-refractivity contribution < 1.29 is 14.7 Å². The van der Waals surface area contributed by atoms with Crippen LogP contribution < -0.4 is 0 Å². The number of aliphatic hydroxyl groups excluding tert-OH is 1. The number of carbonyl (C=O) groups excluding carboxylic acids is 2. The van der Waals surface area contributed by atoms with Crippen molar-refractivity contribution in [3.8, 4) is 0 Å². The summed E-state index contributed by atoms with van der Waals surface area (Å²) in [6.45, 7) is 5.85. The first kappa shape index (κ1) is 25.1. The number of amides is 1. The van der Waals surface area contributed by atoms with Crippen molar-refractivity contribution in [2.75, 3.05) is 33.2 Å². The Hall–Kier alpha value is -1.20. The number of hydrogen-bond acceptors (Lipinski definition) is 4. The zero-order chi connectivity index (χ0) is 21.8. The van der Waals surface area contributed by atoms with Crippen LogP contribution in [-0.2, 0) is 9.59 Å². The lowest BCUT2D eigenvalue weighted by Gasteiger charge is -2.32. The molecular formula is C25H44N2O3. The molecule has 2 rings (SSSR count). The maximum absolute atomic E-state index is 12.3. The van der Waals surface area contributed by atoms with Crippen LogP contribution >= 0.6 is 0 Å². The number of rotatable bonds is 13. The number of piperazine rings is 1. The number of aliphatic hydroxyl groups is 1. The monoisotopic (exact) mass is 420 g/mol. The van der Waals surface area contributed by atoms with E-state index in [-0.39, 0.29) is 12.0 Å². The molecule has 5 heteroatoms. The molecule has 0 aromatic heterocycles. The highest BCUT2D eigenvalue weighted by molar-refractivity contribution is 5.83. The average Bonchev–Trinajstić information content (AvgIpc) is 3.09. The fourth-order valence-corrected chi connectivity index (χ4v) is 4.72. The number of Topliss-reactive ketones (excluding diaryl/α,β-unsaturated/α-hetero) is 1. The Labute approximate surface area is 183 Å². The summed E-state index contributed by atoms with van der Waals surface area (Å²) in [6, 6.07) is 0. The van der Waals surface area contributed by atoms with Gasteiger partial charge in [-0.25, -0.2) is 0 Å². The standard InChI is InChI=1S/C25H44N2O3/c1-3-4-7-10-22(28)15-13-21-14-16-24(29)23(21)11-8-5-6-9-12-25(30)27-19-17-26(2)18-20-27/h13,15,21-23,28H,3-12,14,16-20H2,1-2H3. The first-order valence-corrected chi connectivity index (χ1v) is 12.4. The SMILES string of the molecule is CCCCCC(O)C=CC1CCC(=O)C1CCCCCCC(=O)N1CCN(C)CC1. The zero-order valence-electron chi connectivity index (χ0n) is 19.4. The third kappa shape index (κ3) is 8.89. The topological polar surface area (TPSA) is 60.9 Å². The van der Waals surface area contributed by atoms with E-state index in [9.17, 15) is 14.7 Å². The lowest BCUT2D eigenvalue weighted by atomic mass is 9.89. The second-order valence-corrected chi connectivity index (χ2v) is 9.36. The van der Waals surface area contributed by atoms with Crippen LogP contribution in [0.1, 0.15) is 84.0 Å². The van der Waals surface area contributed by atoms with Gasteiger partial charge >= 0.3 is 0 Å². The van der Waals surface area contributed by atoms with Gasteiger partial charge in [0.2, 0.25) is 5.91 Å². The first-order chi connectivity index (χ1) is 14.5. The number of carbonyl (C=O) groups is 2. The summed E-state index contributed by atoms with van der Waals surface area (Å²) in [5, 5.41) is 10.1. The van der Waals surface area contributed by atoms with Crippen molar-refractivity contribution in [3.63, 3.8) is 0 Å². The molecule has 1 N–H and O–H groups in total. The Kier molecular flexibility index (Phi) is 11.7. The Bertz CT molecular complexity index is 541. The predicted octanol–water partition coefficient (Wildman–Crippen LogP) is 4.19. The molecule has 1 amide bonds. The maximum Gasteiger partial charge on any atom is 0.222 e. The van der Waals surface area contributed by atoms with Crippen molar-refractivity contribution in [2.24, 2.45) is 11.8 Å². The van der Waals surface area contributed by atoms with Crippen LogP contribution in [0.4, 0.5) is 0 Å². The maximum atomic E-state index is 12.3. The summed E-state index contributed by atoms with van der Waals surface area (Å²) in [6.07, 6.45) is 15.3. The summed E-state index contributed by atoms with van der Waals surface area (Å²) in [5.41, 5.74) is 0. The highest BCUT2D eigenvalue weighted by Crippen LogP contribution is 2.34. The van der Waals surface area contributed by atoms with E-state index in [4.69, 9.17) is 0 Å². The Morgan fingerprint density at radius 1 is 1.10 bits per heavy atom. The second kappa shape index (κ2) is 14.0. The third-order valence-electron chi connectivity index (χ3n) is 6.85. The van der Waals surface area contributed by atoms with Gasteiger partial charge < -0.3 is 14.9 Å². The van der Waals surface area contributed by atoms with E-state index < -0.39 is 0 Å². The minimum absolute atomic E-state index is 0.135. The van der Waals surface area contributed by atoms with Crippen LogP contribution in [0.25, 0.3) is 0 Å². The molecule has 2 fully saturated rings. The van der Waals surface area contributed by atoms with Gasteiger partial charge in [0, 0.05) is 44.9 Å². The van der Waals surface area contributed by atoms with E-state index in [1.165, 1.54) is 6.42 Å². The summed E-state index contributed by atoms with van der Waals surface area (Å²) >= 11 is 0. The van der Waals surface area contributed by atoms with Gasteiger partial charge in [-0.2, -0.15) is 0 Å². The van der Waals surface area contributed by atoms with Crippen molar-refractivity contribution in [3.05, 3.63) is 12.2 Å². The van der Waals surface area contributed by atoms with Gasteiger partial charge in [0.05, 0.1) is 6.10 Å². The summed E-state index contributed by atoms with van der Waals surface area (Å²) in [4.78, 5) is 28.8. The number of unbranched alkanes of at least 4 members (excludes halogenated alkanes) is 5. The minimum atomic E-state index is -0.370. The summed E-state index contributed by atoms with van der Waals surface area (Å²) in [7, 11) is 2.10. The average molecular weight is 421 g/mol. The molecule has 1 saturated carbocycles. The zero-order valence-corrected chi connectivity index (χ0v) is 19.4. The number of allylic oxidation sites excluding steroid dienone is 1. The predicted molar refractivity (Wildman–Crippen MR) is 122 cm³/mol. The summed E-state index contributed by atoms with van der Waals surface area (Å²) < 4.78 is 0. The molecule has 0 aromatic rings. The molecule has 0 radical (unpaired) electrons. The van der Waals surface area contributed by atoms with Gasteiger partial charge in [-0.1, -0.05) is 57.6 Å². The Balaban J connectivity index is 1.59. The number of ketones is 1. The number of nitrogens with zero attached hydrogens (tertiary/aromatic N) is 2. The van der Waals surface area contributed by atoms with E-state index >= 15 is 0 Å². The van der Waals surface area contributed by atoms with Crippen LogP contribution in [0.2, 0.25) is 0 Å². The van der Waals surface area contributed by atoms with Crippen LogP contribution in [0.5, 0.6) is 0 Å². The molecule has 0 bridgehead atoms. The molecule has 1 aliphatic carbocycles. The van der Waals surface area contributed by atoms with E-state index in [1.807, 2.05) is 11.0 Å². The Morgan fingerprint density at radius 2 is 1.83 bits per heavy atom. The lowest BCUT2D eigenvalue weighted by molar-refractivity contribution is -0.132. The van der Waals surface area contributed by atoms with Crippen molar-refractivity contribution in [1.29, 1.82) is 0 Å². The molecular weight excluding hydrogens is 376 g/mol. The van der Waals surface area contributed by atoms with Gasteiger partial charge in [0.25, 0.3) is 0 Å². The molecule has 0 spiro atoms. The van der Waals surface area contributed by atoms with Crippen molar-refractivity contribution in [1.82, 2.24) is 9.80 Å².